The predicted octanol–water partition coefficient (Wildman–Crippen LogP) is 3.23. The van der Waals surface area contributed by atoms with Crippen molar-refractivity contribution in [3.05, 3.63) is 75.8 Å². The Hall–Kier alpha value is -3.17. The van der Waals surface area contributed by atoms with Gasteiger partial charge >= 0.3 is 0 Å². The molecule has 146 valence electrons. The first kappa shape index (κ1) is 19.2. The molecular formula is C20H17N5O2S2. The molecule has 0 aliphatic rings. The van der Waals surface area contributed by atoms with Crippen molar-refractivity contribution in [3.8, 4) is 20.5 Å². The van der Waals surface area contributed by atoms with Gasteiger partial charge in [0.1, 0.15) is 10.7 Å². The largest absolute Gasteiger partial charge is 0.350 e. The molecule has 0 saturated heterocycles. The molecule has 4 heterocycles. The molecule has 4 aromatic rings. The molecular weight excluding hydrogens is 406 g/mol. The van der Waals surface area contributed by atoms with Crippen molar-refractivity contribution in [1.29, 1.82) is 0 Å². The van der Waals surface area contributed by atoms with E-state index in [0.29, 0.717) is 17.8 Å². The van der Waals surface area contributed by atoms with Gasteiger partial charge in [0.2, 0.25) is 0 Å². The van der Waals surface area contributed by atoms with Crippen LogP contribution in [0.4, 0.5) is 0 Å². The van der Waals surface area contributed by atoms with Crippen LogP contribution in [0.2, 0.25) is 0 Å². The number of rotatable bonds is 6. The highest BCUT2D eigenvalue weighted by Gasteiger charge is 2.14. The number of nitrogens with zero attached hydrogens (tertiary/aromatic N) is 4. The number of hydrogen-bond acceptors (Lipinski definition) is 7. The average Bonchev–Trinajstić information content (AvgIpc) is 3.40. The molecule has 0 aliphatic carbocycles. The summed E-state index contributed by atoms with van der Waals surface area (Å²) in [6, 6.07) is 10.5. The summed E-state index contributed by atoms with van der Waals surface area (Å²) >= 11 is 3.20. The van der Waals surface area contributed by atoms with Gasteiger partial charge in [0, 0.05) is 30.6 Å². The van der Waals surface area contributed by atoms with Gasteiger partial charge in [-0.2, -0.15) is 5.10 Å². The molecule has 1 amide bonds. The molecule has 4 aromatic heterocycles. The summed E-state index contributed by atoms with van der Waals surface area (Å²) in [5.41, 5.74) is 1.88. The summed E-state index contributed by atoms with van der Waals surface area (Å²) in [5.74, 6) is -0.213. The van der Waals surface area contributed by atoms with Crippen LogP contribution >= 0.6 is 22.7 Å². The standard InChI is InChI=1S/C20H17N5O2S2/c1-13-18(29-20(23-13)16-3-2-12-28-16)15-4-5-17(26)25(24-15)11-10-22-19(27)14-6-8-21-9-7-14/h2-9,12H,10-11H2,1H3,(H,22,27). The molecule has 0 bridgehead atoms. The molecule has 0 aliphatic heterocycles. The normalized spacial score (nSPS) is 10.8. The number of carbonyl (C=O) groups is 1. The number of thiazole rings is 1. The first-order chi connectivity index (χ1) is 14.1. The van der Waals surface area contributed by atoms with Crippen LogP contribution in [0.5, 0.6) is 0 Å². The third-order valence-corrected chi connectivity index (χ3v) is 6.40. The van der Waals surface area contributed by atoms with E-state index >= 15 is 0 Å². The summed E-state index contributed by atoms with van der Waals surface area (Å²) in [5, 5.41) is 10.2. The molecule has 9 heteroatoms. The lowest BCUT2D eigenvalue weighted by Gasteiger charge is -2.08. The van der Waals surface area contributed by atoms with Crippen LogP contribution < -0.4 is 10.9 Å². The fraction of sp³-hybridized carbons (Fsp3) is 0.150. The minimum atomic E-state index is -0.215. The van der Waals surface area contributed by atoms with Crippen molar-refractivity contribution in [1.82, 2.24) is 25.1 Å². The monoisotopic (exact) mass is 423 g/mol. The molecule has 4 rings (SSSR count). The van der Waals surface area contributed by atoms with Crippen LogP contribution in [0, 0.1) is 6.92 Å². The molecule has 0 fully saturated rings. The van der Waals surface area contributed by atoms with Gasteiger partial charge in [0.15, 0.2) is 0 Å². The van der Waals surface area contributed by atoms with Crippen molar-refractivity contribution < 1.29 is 4.79 Å². The SMILES string of the molecule is Cc1nc(-c2cccs2)sc1-c1ccc(=O)n(CCNC(=O)c2ccncc2)n1. The van der Waals surface area contributed by atoms with E-state index in [9.17, 15) is 9.59 Å². The van der Waals surface area contributed by atoms with Gasteiger partial charge < -0.3 is 5.32 Å². The Kier molecular flexibility index (Phi) is 5.59. The molecule has 0 radical (unpaired) electrons. The predicted molar refractivity (Wildman–Crippen MR) is 114 cm³/mol. The van der Waals surface area contributed by atoms with Gasteiger partial charge in [-0.15, -0.1) is 22.7 Å². The molecule has 7 nitrogen and oxygen atoms in total. The highest BCUT2D eigenvalue weighted by molar-refractivity contribution is 7.23. The number of hydrogen-bond donors (Lipinski definition) is 1. The van der Waals surface area contributed by atoms with Gasteiger partial charge in [-0.1, -0.05) is 6.07 Å². The maximum Gasteiger partial charge on any atom is 0.266 e. The first-order valence-electron chi connectivity index (χ1n) is 8.90. The lowest BCUT2D eigenvalue weighted by atomic mass is 10.2. The van der Waals surface area contributed by atoms with Crippen molar-refractivity contribution in [2.75, 3.05) is 6.54 Å². The van der Waals surface area contributed by atoms with Gasteiger partial charge in [0.25, 0.3) is 11.5 Å². The van der Waals surface area contributed by atoms with Crippen LogP contribution in [0.3, 0.4) is 0 Å². The highest BCUT2D eigenvalue weighted by Crippen LogP contribution is 2.35. The van der Waals surface area contributed by atoms with Crippen LogP contribution in [-0.4, -0.2) is 32.2 Å². The second-order valence-corrected chi connectivity index (χ2v) is 8.13. The van der Waals surface area contributed by atoms with Crippen molar-refractivity contribution in [2.45, 2.75) is 13.5 Å². The van der Waals surface area contributed by atoms with E-state index in [4.69, 9.17) is 0 Å². The summed E-state index contributed by atoms with van der Waals surface area (Å²) in [7, 11) is 0. The lowest BCUT2D eigenvalue weighted by Crippen LogP contribution is -2.31. The Labute approximate surface area is 174 Å². The maximum atomic E-state index is 12.2. The minimum Gasteiger partial charge on any atom is -0.350 e. The second kappa shape index (κ2) is 8.46. The molecule has 0 atom stereocenters. The summed E-state index contributed by atoms with van der Waals surface area (Å²) in [4.78, 5) is 34.9. The Morgan fingerprint density at radius 3 is 2.76 bits per heavy atom. The number of carbonyl (C=O) groups excluding carboxylic acids is 1. The number of aromatic nitrogens is 4. The third kappa shape index (κ3) is 4.30. The van der Waals surface area contributed by atoms with Crippen molar-refractivity contribution >= 4 is 28.6 Å². The topological polar surface area (TPSA) is 89.8 Å². The van der Waals surface area contributed by atoms with E-state index in [0.717, 1.165) is 20.5 Å². The van der Waals surface area contributed by atoms with E-state index in [1.165, 1.54) is 10.7 Å². The van der Waals surface area contributed by atoms with Gasteiger partial charge in [-0.3, -0.25) is 14.6 Å². The second-order valence-electron chi connectivity index (χ2n) is 6.18. The van der Waals surface area contributed by atoms with Crippen molar-refractivity contribution in [2.24, 2.45) is 0 Å². The Morgan fingerprint density at radius 2 is 2.00 bits per heavy atom. The van der Waals surface area contributed by atoms with Gasteiger partial charge in [-0.25, -0.2) is 9.67 Å². The highest BCUT2D eigenvalue weighted by atomic mass is 32.1. The Morgan fingerprint density at radius 1 is 1.17 bits per heavy atom. The van der Waals surface area contributed by atoms with E-state index in [-0.39, 0.29) is 18.0 Å². The smallest absolute Gasteiger partial charge is 0.266 e. The fourth-order valence-corrected chi connectivity index (χ4v) is 4.58. The Balaban J connectivity index is 1.50. The van der Waals surface area contributed by atoms with Crippen LogP contribution in [0.25, 0.3) is 20.5 Å². The maximum absolute atomic E-state index is 12.2. The minimum absolute atomic E-state index is 0.213. The number of pyridine rings is 1. The van der Waals surface area contributed by atoms with E-state index in [2.05, 4.69) is 20.4 Å². The number of thiophene rings is 1. The zero-order valence-electron chi connectivity index (χ0n) is 15.5. The van der Waals surface area contributed by atoms with Gasteiger partial charge in [0.05, 0.1) is 22.0 Å². The van der Waals surface area contributed by atoms with Crippen LogP contribution in [0.1, 0.15) is 16.1 Å². The molecule has 29 heavy (non-hydrogen) atoms. The van der Waals surface area contributed by atoms with Gasteiger partial charge in [-0.05, 0) is 36.6 Å². The van der Waals surface area contributed by atoms with Crippen molar-refractivity contribution in [3.63, 3.8) is 0 Å². The van der Waals surface area contributed by atoms with E-state index < -0.39 is 0 Å². The van der Waals surface area contributed by atoms with Crippen LogP contribution in [0.15, 0.2) is 59.0 Å². The average molecular weight is 424 g/mol. The molecule has 0 spiro atoms. The quantitative estimate of drug-likeness (QED) is 0.514. The van der Waals surface area contributed by atoms with E-state index in [1.54, 1.807) is 53.3 Å². The number of amides is 1. The zero-order valence-corrected chi connectivity index (χ0v) is 17.2. The third-order valence-electron chi connectivity index (χ3n) is 4.18. The molecule has 1 N–H and O–H groups in total. The summed E-state index contributed by atoms with van der Waals surface area (Å²) in [6.07, 6.45) is 3.12. The van der Waals surface area contributed by atoms with Crippen LogP contribution in [-0.2, 0) is 6.54 Å². The Bertz CT molecular complexity index is 1180. The first-order valence-corrected chi connectivity index (χ1v) is 10.6. The lowest BCUT2D eigenvalue weighted by molar-refractivity contribution is 0.0951. The summed E-state index contributed by atoms with van der Waals surface area (Å²) < 4.78 is 1.37. The molecule has 0 saturated carbocycles. The van der Waals surface area contributed by atoms with E-state index in [1.807, 2.05) is 24.4 Å². The number of aryl methyl sites for hydroxylation is 1. The molecule has 0 unspecified atom stereocenters. The zero-order chi connectivity index (χ0) is 20.2. The number of nitrogens with one attached hydrogen (secondary N) is 1. The summed E-state index contributed by atoms with van der Waals surface area (Å²) in [6.45, 7) is 2.51. The fourth-order valence-electron chi connectivity index (χ4n) is 2.75. The molecule has 0 aromatic carbocycles.